The lowest BCUT2D eigenvalue weighted by Gasteiger charge is -2.24. The molecule has 0 fully saturated rings. The quantitative estimate of drug-likeness (QED) is 0.362. The van der Waals surface area contributed by atoms with Crippen molar-refractivity contribution >= 4 is 17.7 Å². The van der Waals surface area contributed by atoms with Crippen molar-refractivity contribution in [2.75, 3.05) is 26.2 Å². The number of aromatic nitrogens is 5. The van der Waals surface area contributed by atoms with E-state index in [1.165, 1.54) is 4.90 Å². The average molecular weight is 603 g/mol. The molecule has 0 radical (unpaired) electrons. The van der Waals surface area contributed by atoms with E-state index in [2.05, 4.69) is 25.9 Å². The molecule has 1 atom stereocenters. The van der Waals surface area contributed by atoms with E-state index in [1.807, 2.05) is 62.8 Å². The second-order valence-corrected chi connectivity index (χ2v) is 11.3. The number of aryl methyl sites for hydroxylation is 1. The molecular weight excluding hydrogens is 564 g/mol. The SMILES string of the molecule is Cc1c(-c2cc(C(=O)N3CCCOc4cccc(c4)-c4nccn4CCNC(=O)[C@@H](CC(C)C)NC(=O)C3)no2)cnn1C. The fourth-order valence-corrected chi connectivity index (χ4v) is 5.12. The highest BCUT2D eigenvalue weighted by atomic mass is 16.5. The van der Waals surface area contributed by atoms with Gasteiger partial charge >= 0.3 is 0 Å². The van der Waals surface area contributed by atoms with E-state index in [4.69, 9.17) is 9.26 Å². The molecule has 1 aliphatic heterocycles. The van der Waals surface area contributed by atoms with E-state index in [1.54, 1.807) is 23.1 Å². The Morgan fingerprint density at radius 1 is 1.18 bits per heavy atom. The highest BCUT2D eigenvalue weighted by Gasteiger charge is 2.27. The molecule has 1 aliphatic rings. The first-order valence-corrected chi connectivity index (χ1v) is 14.8. The van der Waals surface area contributed by atoms with Gasteiger partial charge in [-0.15, -0.1) is 0 Å². The number of hydrogen-bond acceptors (Lipinski definition) is 8. The lowest BCUT2D eigenvalue weighted by atomic mass is 10.0. The standard InChI is InChI=1S/C31H38N8O5/c1-20(2)15-25-30(41)33-10-13-38-12-9-32-29(38)22-7-5-8-23(16-22)43-14-6-11-39(19-28(40)35-25)31(42)26-17-27(44-36-26)24-18-34-37(4)21(24)3/h5,7-9,12,16-18,20,25H,6,10-11,13-15,19H2,1-4H3,(H,33,41)(H,35,40)/t25-/m1/s1. The molecule has 0 spiro atoms. The van der Waals surface area contributed by atoms with Gasteiger partial charge in [0.05, 0.1) is 24.9 Å². The molecule has 2 N–H and O–H groups in total. The predicted molar refractivity (Wildman–Crippen MR) is 162 cm³/mol. The van der Waals surface area contributed by atoms with Crippen molar-refractivity contribution in [3.8, 4) is 28.5 Å². The lowest BCUT2D eigenvalue weighted by molar-refractivity contribution is -0.129. The molecule has 3 aromatic heterocycles. The van der Waals surface area contributed by atoms with Crippen molar-refractivity contribution in [1.82, 2.24) is 40.0 Å². The summed E-state index contributed by atoms with van der Waals surface area (Å²) in [6.07, 6.45) is 6.12. The van der Waals surface area contributed by atoms with E-state index in [-0.39, 0.29) is 30.6 Å². The molecule has 0 saturated heterocycles. The number of benzene rings is 1. The average Bonchev–Trinajstić information content (AvgIpc) is 3.74. The molecule has 5 rings (SSSR count). The Hall–Kier alpha value is -4.94. The minimum Gasteiger partial charge on any atom is -0.494 e. The van der Waals surface area contributed by atoms with Crippen molar-refractivity contribution in [3.05, 3.63) is 60.3 Å². The number of amides is 3. The topological polar surface area (TPSA) is 149 Å². The summed E-state index contributed by atoms with van der Waals surface area (Å²) in [6.45, 7) is 6.96. The normalized spacial score (nSPS) is 16.8. The number of rotatable bonds is 4. The summed E-state index contributed by atoms with van der Waals surface area (Å²) in [4.78, 5) is 46.0. The van der Waals surface area contributed by atoms with Crippen molar-refractivity contribution in [2.24, 2.45) is 13.0 Å². The van der Waals surface area contributed by atoms with E-state index < -0.39 is 17.9 Å². The summed E-state index contributed by atoms with van der Waals surface area (Å²) < 4.78 is 15.2. The van der Waals surface area contributed by atoms with Crippen LogP contribution in [0.5, 0.6) is 5.75 Å². The van der Waals surface area contributed by atoms with Crippen LogP contribution < -0.4 is 15.4 Å². The summed E-state index contributed by atoms with van der Waals surface area (Å²) >= 11 is 0. The molecule has 0 unspecified atom stereocenters. The van der Waals surface area contributed by atoms with Gasteiger partial charge in [-0.05, 0) is 37.8 Å². The van der Waals surface area contributed by atoms with Gasteiger partial charge in [-0.2, -0.15) is 5.10 Å². The predicted octanol–water partition coefficient (Wildman–Crippen LogP) is 2.82. The first-order chi connectivity index (χ1) is 21.2. The van der Waals surface area contributed by atoms with E-state index in [9.17, 15) is 14.4 Å². The molecule has 232 valence electrons. The smallest absolute Gasteiger partial charge is 0.276 e. The van der Waals surface area contributed by atoms with Crippen LogP contribution in [-0.4, -0.2) is 79.4 Å². The molecule has 3 amide bonds. The molecule has 13 heteroatoms. The van der Waals surface area contributed by atoms with Crippen LogP contribution in [0.15, 0.2) is 53.4 Å². The second-order valence-electron chi connectivity index (χ2n) is 11.3. The van der Waals surface area contributed by atoms with Gasteiger partial charge in [-0.3, -0.25) is 19.1 Å². The molecule has 44 heavy (non-hydrogen) atoms. The number of carbonyl (C=O) groups is 3. The largest absolute Gasteiger partial charge is 0.494 e. The Morgan fingerprint density at radius 3 is 2.80 bits per heavy atom. The summed E-state index contributed by atoms with van der Waals surface area (Å²) in [5, 5.41) is 14.0. The highest BCUT2D eigenvalue weighted by molar-refractivity contribution is 5.96. The number of nitrogens with one attached hydrogen (secondary N) is 2. The maximum absolute atomic E-state index is 13.6. The third-order valence-electron chi connectivity index (χ3n) is 7.51. The molecule has 4 aromatic rings. The zero-order chi connectivity index (χ0) is 31.2. The van der Waals surface area contributed by atoms with Crippen LogP contribution in [0.25, 0.3) is 22.7 Å². The van der Waals surface area contributed by atoms with Crippen molar-refractivity contribution in [2.45, 2.75) is 46.2 Å². The lowest BCUT2D eigenvalue weighted by Crippen LogP contribution is -2.51. The van der Waals surface area contributed by atoms with Crippen LogP contribution in [0, 0.1) is 12.8 Å². The molecule has 2 bridgehead atoms. The molecule has 13 nitrogen and oxygen atoms in total. The zero-order valence-corrected chi connectivity index (χ0v) is 25.4. The monoisotopic (exact) mass is 602 g/mol. The van der Waals surface area contributed by atoms with Crippen LogP contribution in [0.3, 0.4) is 0 Å². The summed E-state index contributed by atoms with van der Waals surface area (Å²) in [5.41, 5.74) is 2.53. The Morgan fingerprint density at radius 2 is 2.02 bits per heavy atom. The maximum atomic E-state index is 13.6. The first-order valence-electron chi connectivity index (χ1n) is 14.8. The molecule has 0 saturated carbocycles. The number of ether oxygens (including phenoxy) is 1. The third kappa shape index (κ3) is 7.16. The minimum absolute atomic E-state index is 0.0683. The zero-order valence-electron chi connectivity index (χ0n) is 25.4. The van der Waals surface area contributed by atoms with Crippen LogP contribution in [0.4, 0.5) is 0 Å². The van der Waals surface area contributed by atoms with Gasteiger partial charge in [-0.1, -0.05) is 31.1 Å². The number of carbonyl (C=O) groups excluding carboxylic acids is 3. The van der Waals surface area contributed by atoms with Gasteiger partial charge in [0.1, 0.15) is 17.6 Å². The van der Waals surface area contributed by atoms with Crippen LogP contribution >= 0.6 is 0 Å². The maximum Gasteiger partial charge on any atom is 0.276 e. The summed E-state index contributed by atoms with van der Waals surface area (Å²) in [5.74, 6) is 0.770. The minimum atomic E-state index is -0.757. The van der Waals surface area contributed by atoms with Crippen molar-refractivity contribution in [1.29, 1.82) is 0 Å². The van der Waals surface area contributed by atoms with E-state index in [0.717, 1.165) is 22.6 Å². The second kappa shape index (κ2) is 13.6. The number of imidazole rings is 1. The number of hydrogen-bond donors (Lipinski definition) is 2. The van der Waals surface area contributed by atoms with Gasteiger partial charge < -0.3 is 29.4 Å². The number of nitrogens with zero attached hydrogens (tertiary/aromatic N) is 6. The fourth-order valence-electron chi connectivity index (χ4n) is 5.12. The van der Waals surface area contributed by atoms with Crippen molar-refractivity contribution < 1.29 is 23.6 Å². The fraction of sp³-hybridized carbons (Fsp3) is 0.419. The Labute approximate surface area is 255 Å². The van der Waals surface area contributed by atoms with Gasteiger partial charge in [0.25, 0.3) is 5.91 Å². The Bertz CT molecular complexity index is 1620. The van der Waals surface area contributed by atoms with Crippen molar-refractivity contribution in [3.63, 3.8) is 0 Å². The Kier molecular flexibility index (Phi) is 9.41. The molecular formula is C31H38N8O5. The molecule has 4 heterocycles. The van der Waals surface area contributed by atoms with Gasteiger partial charge in [0.15, 0.2) is 11.5 Å². The summed E-state index contributed by atoms with van der Waals surface area (Å²) in [7, 11) is 1.81. The summed E-state index contributed by atoms with van der Waals surface area (Å²) in [6, 6.07) is 8.41. The number of fused-ring (bicyclic) bond motifs is 4. The molecule has 1 aromatic carbocycles. The van der Waals surface area contributed by atoms with Gasteiger partial charge in [0, 0.05) is 56.4 Å². The van der Waals surface area contributed by atoms with Crippen LogP contribution in [-0.2, 0) is 23.2 Å². The van der Waals surface area contributed by atoms with Gasteiger partial charge in [0.2, 0.25) is 11.8 Å². The Balaban J connectivity index is 1.39. The van der Waals surface area contributed by atoms with Crippen LogP contribution in [0.2, 0.25) is 0 Å². The third-order valence-corrected chi connectivity index (χ3v) is 7.51. The first kappa shape index (κ1) is 30.5. The van der Waals surface area contributed by atoms with Crippen LogP contribution in [0.1, 0.15) is 42.9 Å². The van der Waals surface area contributed by atoms with Gasteiger partial charge in [-0.25, -0.2) is 4.98 Å². The highest BCUT2D eigenvalue weighted by Crippen LogP contribution is 2.25. The van der Waals surface area contributed by atoms with E-state index >= 15 is 0 Å². The van der Waals surface area contributed by atoms with E-state index in [0.29, 0.717) is 44.0 Å². The molecule has 0 aliphatic carbocycles.